The van der Waals surface area contributed by atoms with E-state index in [0.717, 1.165) is 25.7 Å². The minimum Gasteiger partial charge on any atom is -0.481 e. The molecule has 0 aliphatic heterocycles. The molecule has 276 valence electrons. The molecule has 0 aliphatic carbocycles. The third-order valence-corrected chi connectivity index (χ3v) is 6.37. The quantitative estimate of drug-likeness (QED) is 0.0478. The molecule has 0 aromatic carbocycles. The Morgan fingerprint density at radius 2 is 0.717 bits per heavy atom. The number of rotatable bonds is 26. The van der Waals surface area contributed by atoms with Gasteiger partial charge in [-0.15, -0.1) is 0 Å². The van der Waals surface area contributed by atoms with Crippen molar-refractivity contribution in [2.75, 3.05) is 26.4 Å². The number of aliphatic hydroxyl groups is 4. The number of carboxylic acids is 2. The molecule has 0 saturated carbocycles. The van der Waals surface area contributed by atoms with Crippen molar-refractivity contribution in [3.63, 3.8) is 0 Å². The van der Waals surface area contributed by atoms with Crippen LogP contribution in [0.2, 0.25) is 0 Å². The number of aliphatic carboxylic acids is 2. The number of hydrogen-bond donors (Lipinski definition) is 6. The van der Waals surface area contributed by atoms with Crippen LogP contribution in [0.15, 0.2) is 0 Å². The number of carbonyl (C=O) groups excluding carboxylic acids is 2. The maximum atomic E-state index is 10.2. The van der Waals surface area contributed by atoms with Gasteiger partial charge < -0.3 is 40.1 Å². The molecule has 12 heteroatoms. The number of carbonyl (C=O) groups is 4. The van der Waals surface area contributed by atoms with E-state index in [-0.39, 0.29) is 26.4 Å². The number of carboxylic acid groups (broad SMARTS) is 2. The van der Waals surface area contributed by atoms with Crippen LogP contribution in [0.25, 0.3) is 0 Å². The zero-order valence-corrected chi connectivity index (χ0v) is 29.3. The third kappa shape index (κ3) is 60.8. The average Bonchev–Trinajstić information content (AvgIpc) is 3.01. The Bertz CT molecular complexity index is 617. The highest BCUT2D eigenvalue weighted by Crippen LogP contribution is 2.11. The van der Waals surface area contributed by atoms with Crippen molar-refractivity contribution in [2.24, 2.45) is 0 Å². The Morgan fingerprint density at radius 1 is 0.478 bits per heavy atom. The average molecular weight is 669 g/mol. The van der Waals surface area contributed by atoms with Gasteiger partial charge in [-0.3, -0.25) is 19.2 Å². The van der Waals surface area contributed by atoms with Gasteiger partial charge in [0, 0.05) is 26.7 Å². The van der Waals surface area contributed by atoms with Crippen LogP contribution >= 0.6 is 0 Å². The maximum absolute atomic E-state index is 10.2. The fourth-order valence-corrected chi connectivity index (χ4v) is 3.71. The molecule has 0 fully saturated rings. The minimum absolute atomic E-state index is 0.133. The van der Waals surface area contributed by atoms with E-state index < -0.39 is 36.1 Å². The van der Waals surface area contributed by atoms with E-state index in [0.29, 0.717) is 12.8 Å². The van der Waals surface area contributed by atoms with Gasteiger partial charge in [-0.2, -0.15) is 0 Å². The highest BCUT2D eigenvalue weighted by atomic mass is 16.5. The molecule has 2 atom stereocenters. The summed E-state index contributed by atoms with van der Waals surface area (Å²) < 4.78 is 8.69. The van der Waals surface area contributed by atoms with Crippen LogP contribution < -0.4 is 0 Å². The molecule has 0 heterocycles. The molecule has 2 unspecified atom stereocenters. The lowest BCUT2D eigenvalue weighted by molar-refractivity contribution is -0.145. The third-order valence-electron chi connectivity index (χ3n) is 6.37. The van der Waals surface area contributed by atoms with Crippen LogP contribution in [0, 0.1) is 0 Å². The Kier molecular flexibility index (Phi) is 47.0. The first-order valence-electron chi connectivity index (χ1n) is 17.2. The van der Waals surface area contributed by atoms with Gasteiger partial charge in [0.2, 0.25) is 0 Å². The Morgan fingerprint density at radius 3 is 0.913 bits per heavy atom. The molecule has 0 aromatic rings. The molecule has 0 aliphatic rings. The maximum Gasteiger partial charge on any atom is 0.303 e. The zero-order chi connectivity index (χ0) is 35.8. The van der Waals surface area contributed by atoms with E-state index in [1.54, 1.807) is 0 Å². The zero-order valence-electron chi connectivity index (χ0n) is 29.3. The molecule has 0 radical (unpaired) electrons. The van der Waals surface area contributed by atoms with Crippen molar-refractivity contribution >= 4 is 23.9 Å². The van der Waals surface area contributed by atoms with Crippen LogP contribution in [0.1, 0.15) is 156 Å². The highest BCUT2D eigenvalue weighted by molar-refractivity contribution is 5.67. The molecular formula is C34H68O12. The lowest BCUT2D eigenvalue weighted by atomic mass is 10.1. The molecule has 12 nitrogen and oxygen atoms in total. The fraction of sp³-hybridized carbons (Fsp3) is 0.882. The van der Waals surface area contributed by atoms with Gasteiger partial charge >= 0.3 is 23.9 Å². The van der Waals surface area contributed by atoms with Crippen LogP contribution in [0.4, 0.5) is 0 Å². The fourth-order valence-electron chi connectivity index (χ4n) is 3.71. The first-order chi connectivity index (χ1) is 21.9. The predicted octanol–water partition coefficient (Wildman–Crippen LogP) is 5.79. The summed E-state index contributed by atoms with van der Waals surface area (Å²) in [5.41, 5.74) is 0. The topological polar surface area (TPSA) is 208 Å². The van der Waals surface area contributed by atoms with Gasteiger partial charge in [0.25, 0.3) is 0 Å². The SMILES string of the molecule is CC(=O)OCC(O)CO.CC(=O)OCC(O)CO.CCCCCCCCCCCC(=O)O.CCCCCCCCCCCC(=O)O. The van der Waals surface area contributed by atoms with E-state index in [2.05, 4.69) is 23.3 Å². The van der Waals surface area contributed by atoms with Crippen LogP contribution in [0.3, 0.4) is 0 Å². The lowest BCUT2D eigenvalue weighted by Crippen LogP contribution is -2.20. The molecule has 0 amide bonds. The van der Waals surface area contributed by atoms with E-state index >= 15 is 0 Å². The van der Waals surface area contributed by atoms with Crippen LogP contribution in [-0.2, 0) is 28.7 Å². The Labute approximate surface area is 277 Å². The molecule has 0 rings (SSSR count). The monoisotopic (exact) mass is 668 g/mol. The van der Waals surface area contributed by atoms with E-state index in [9.17, 15) is 19.2 Å². The highest BCUT2D eigenvalue weighted by Gasteiger charge is 2.03. The first-order valence-corrected chi connectivity index (χ1v) is 17.2. The number of ether oxygens (including phenoxy) is 2. The van der Waals surface area contributed by atoms with Crippen molar-refractivity contribution in [2.45, 2.75) is 168 Å². The van der Waals surface area contributed by atoms with Crippen molar-refractivity contribution in [3.8, 4) is 0 Å². The molecule has 0 spiro atoms. The Hall–Kier alpha value is -2.28. The van der Waals surface area contributed by atoms with Crippen LogP contribution in [0.5, 0.6) is 0 Å². The van der Waals surface area contributed by atoms with Crippen molar-refractivity contribution in [1.29, 1.82) is 0 Å². The number of unbranched alkanes of at least 4 members (excludes halogenated alkanes) is 16. The second-order valence-electron chi connectivity index (χ2n) is 11.2. The van der Waals surface area contributed by atoms with Gasteiger partial charge in [-0.1, -0.05) is 117 Å². The first kappa shape index (κ1) is 50.6. The Balaban J connectivity index is -0.000000261. The molecule has 0 bridgehead atoms. The molecule has 0 aromatic heterocycles. The second-order valence-corrected chi connectivity index (χ2v) is 11.2. The predicted molar refractivity (Wildman–Crippen MR) is 178 cm³/mol. The largest absolute Gasteiger partial charge is 0.481 e. The molecule has 46 heavy (non-hydrogen) atoms. The second kappa shape index (κ2) is 42.7. The van der Waals surface area contributed by atoms with Gasteiger partial charge in [-0.05, 0) is 12.8 Å². The van der Waals surface area contributed by atoms with Crippen LogP contribution in [-0.4, -0.2) is 93.2 Å². The number of aliphatic hydroxyl groups excluding tert-OH is 4. The van der Waals surface area contributed by atoms with E-state index in [1.165, 1.54) is 104 Å². The number of hydrogen-bond acceptors (Lipinski definition) is 10. The van der Waals surface area contributed by atoms with Gasteiger partial charge in [0.15, 0.2) is 0 Å². The lowest BCUT2D eigenvalue weighted by Gasteiger charge is -2.05. The van der Waals surface area contributed by atoms with Crippen molar-refractivity contribution in [1.82, 2.24) is 0 Å². The number of esters is 2. The summed E-state index contributed by atoms with van der Waals surface area (Å²) in [7, 11) is 0. The molecule has 6 N–H and O–H groups in total. The van der Waals surface area contributed by atoms with Crippen molar-refractivity contribution in [3.05, 3.63) is 0 Å². The summed E-state index contributed by atoms with van der Waals surface area (Å²) in [6.45, 7) is 5.91. The van der Waals surface area contributed by atoms with E-state index in [4.69, 9.17) is 30.6 Å². The summed E-state index contributed by atoms with van der Waals surface area (Å²) >= 11 is 0. The normalized spacial score (nSPS) is 11.3. The van der Waals surface area contributed by atoms with Crippen molar-refractivity contribution < 1.29 is 59.3 Å². The minimum atomic E-state index is -0.950. The molecule has 0 saturated heterocycles. The summed E-state index contributed by atoms with van der Waals surface area (Å²) in [5, 5.41) is 50.4. The summed E-state index contributed by atoms with van der Waals surface area (Å²) in [4.78, 5) is 40.5. The summed E-state index contributed by atoms with van der Waals surface area (Å²) in [5.74, 6) is -2.23. The van der Waals surface area contributed by atoms with E-state index in [1.807, 2.05) is 0 Å². The summed E-state index contributed by atoms with van der Waals surface area (Å²) in [6, 6.07) is 0. The molecular weight excluding hydrogens is 600 g/mol. The summed E-state index contributed by atoms with van der Waals surface area (Å²) in [6.07, 6.45) is 21.1. The van der Waals surface area contributed by atoms with Gasteiger partial charge in [0.05, 0.1) is 13.2 Å². The smallest absolute Gasteiger partial charge is 0.303 e. The van der Waals surface area contributed by atoms with Gasteiger partial charge in [-0.25, -0.2) is 0 Å². The standard InChI is InChI=1S/2C12H24O2.2C5H10O4/c2*1-2-3-4-5-6-7-8-9-10-11-12(13)14;2*1-4(7)9-3-5(8)2-6/h2*2-11H2,1H3,(H,13,14);2*5-6,8H,2-3H2,1H3. The van der Waals surface area contributed by atoms with Gasteiger partial charge in [0.1, 0.15) is 25.4 Å².